The molecule has 0 saturated carbocycles. The quantitative estimate of drug-likeness (QED) is 0.0635. The van der Waals surface area contributed by atoms with Crippen LogP contribution in [0.4, 0.5) is 4.79 Å². The zero-order valence-electron chi connectivity index (χ0n) is 70.6. The van der Waals surface area contributed by atoms with Crippen LogP contribution in [0, 0.1) is 0 Å². The second-order valence-corrected chi connectivity index (χ2v) is 40.8. The molecule has 18 aromatic rings. The number of nitrogens with one attached hydrogen (secondary N) is 1. The normalized spacial score (nSPS) is 12.1. The van der Waals surface area contributed by atoms with E-state index >= 15 is 0 Å². The summed E-state index contributed by atoms with van der Waals surface area (Å²) in [5.41, 5.74) is 4.32. The average Bonchev–Trinajstić information content (AvgIpc) is 1.63. The van der Waals surface area contributed by atoms with Crippen molar-refractivity contribution in [3.05, 3.63) is 452 Å². The van der Waals surface area contributed by atoms with Gasteiger partial charge in [-0.15, -0.1) is 0 Å². The summed E-state index contributed by atoms with van der Waals surface area (Å²) in [5, 5.41) is 28.5. The number of nitrogens with zero attached hydrogens (tertiary/aromatic N) is 7. The third-order valence-corrected chi connectivity index (χ3v) is 30.6. The smallest absolute Gasteiger partial charge is 0.442 e. The molecule has 6 aromatic heterocycles. The van der Waals surface area contributed by atoms with Gasteiger partial charge in [0.25, 0.3) is 0 Å². The van der Waals surface area contributed by atoms with Gasteiger partial charge in [0.2, 0.25) is 0 Å². The Balaban J connectivity index is 0.000000143. The Bertz CT molecular complexity index is 5430. The molecule has 19 rings (SSSR count). The van der Waals surface area contributed by atoms with Gasteiger partial charge in [-0.1, -0.05) is 401 Å². The number of aromatic amines is 1. The van der Waals surface area contributed by atoms with Crippen molar-refractivity contribution in [1.82, 2.24) is 39.9 Å². The van der Waals surface area contributed by atoms with Crippen molar-refractivity contribution in [2.45, 2.75) is 72.7 Å². The van der Waals surface area contributed by atoms with Gasteiger partial charge in [-0.25, -0.2) is 14.8 Å². The van der Waals surface area contributed by atoms with E-state index in [1.807, 2.05) is 78.8 Å². The molecule has 127 heavy (non-hydrogen) atoms. The number of rotatable bonds is 14. The monoisotopic (exact) mass is 1940 g/mol. The summed E-state index contributed by atoms with van der Waals surface area (Å²) in [6.45, 7) is 13.5. The average molecular weight is 1940 g/mol. The van der Waals surface area contributed by atoms with E-state index < -0.39 is 50.5 Å². The van der Waals surface area contributed by atoms with E-state index in [1.54, 1.807) is 37.1 Å². The van der Waals surface area contributed by atoms with Gasteiger partial charge in [-0.3, -0.25) is 15.1 Å². The molecule has 0 unspecified atom stereocenters. The van der Waals surface area contributed by atoms with Crippen LogP contribution in [-0.2, 0) is 34.5 Å². The summed E-state index contributed by atoms with van der Waals surface area (Å²) in [6.07, 6.45) is 9.44. The van der Waals surface area contributed by atoms with E-state index in [2.05, 4.69) is 415 Å². The fourth-order valence-electron chi connectivity index (χ4n) is 13.2. The zero-order chi connectivity index (χ0) is 87.2. The first kappa shape index (κ1) is 96.7. The number of fused-ring (bicyclic) bond motifs is 2. The minimum atomic E-state index is -0.547. The van der Waals surface area contributed by atoms with Gasteiger partial charge in [0.15, 0.2) is 0 Å². The number of halogens is 3. The Labute approximate surface area is 784 Å². The van der Waals surface area contributed by atoms with Gasteiger partial charge in [0.05, 0.1) is 29.1 Å². The molecule has 0 spiro atoms. The van der Waals surface area contributed by atoms with Crippen molar-refractivity contribution in [1.29, 1.82) is 0 Å². The molecule has 1 fully saturated rings. The summed E-state index contributed by atoms with van der Waals surface area (Å²) in [5.74, 6) is 0. The van der Waals surface area contributed by atoms with Crippen molar-refractivity contribution >= 4 is 175 Å². The third kappa shape index (κ3) is 27.3. The van der Waals surface area contributed by atoms with Crippen molar-refractivity contribution in [3.8, 4) is 11.1 Å². The molecule has 640 valence electrons. The number of ether oxygens (including phenoxy) is 1. The Kier molecular flexibility index (Phi) is 36.8. The Morgan fingerprint density at radius 3 is 0.969 bits per heavy atom. The molecule has 0 radical (unpaired) electrons. The van der Waals surface area contributed by atoms with Crippen molar-refractivity contribution in [2.24, 2.45) is 0 Å². The van der Waals surface area contributed by atoms with Crippen molar-refractivity contribution in [3.63, 3.8) is 0 Å². The van der Waals surface area contributed by atoms with Crippen LogP contribution in [-0.4, -0.2) is 69.9 Å². The van der Waals surface area contributed by atoms with E-state index in [9.17, 15) is 4.79 Å². The first-order valence-electron chi connectivity index (χ1n) is 40.7. The van der Waals surface area contributed by atoms with Crippen LogP contribution in [0.25, 0.3) is 33.2 Å². The topological polar surface area (TPSA) is 143 Å². The fourth-order valence-corrected chi connectivity index (χ4v) is 23.1. The summed E-state index contributed by atoms with van der Waals surface area (Å²) < 4.78 is 19.0. The van der Waals surface area contributed by atoms with E-state index in [-0.39, 0.29) is 39.1 Å². The predicted molar refractivity (Wildman–Crippen MR) is 541 cm³/mol. The first-order valence-corrected chi connectivity index (χ1v) is 47.7. The Morgan fingerprint density at radius 2 is 0.677 bits per heavy atom. The number of hydrogen-bond donors (Lipinski definition) is 1. The molecule has 0 bridgehead atoms. The summed E-state index contributed by atoms with van der Waals surface area (Å²) in [4.78, 5) is 28.4. The van der Waals surface area contributed by atoms with Gasteiger partial charge >= 0.3 is 13.2 Å². The van der Waals surface area contributed by atoms with Gasteiger partial charge in [0.1, 0.15) is 32.5 Å². The second-order valence-electron chi connectivity index (χ2n) is 30.3. The molecule has 1 saturated heterocycles. The number of hydrogen-bond acceptors (Lipinski definition) is 10. The van der Waals surface area contributed by atoms with Gasteiger partial charge in [-0.2, -0.15) is 14.9 Å². The van der Waals surface area contributed by atoms with E-state index in [0.29, 0.717) is 21.3 Å². The largest absolute Gasteiger partial charge is 0.498 e. The number of benzene rings is 12. The van der Waals surface area contributed by atoms with Gasteiger partial charge in [-0.05, 0) is 190 Å². The van der Waals surface area contributed by atoms with Crippen LogP contribution >= 0.6 is 70.8 Å². The maximum atomic E-state index is 11.9. The van der Waals surface area contributed by atoms with Crippen LogP contribution in [0.3, 0.4) is 0 Å². The van der Waals surface area contributed by atoms with Crippen LogP contribution < -0.4 is 69.1 Å². The number of carbonyl (C=O) groups excluding carboxylic acids is 1. The molecule has 1 aliphatic rings. The summed E-state index contributed by atoms with van der Waals surface area (Å²) in [7, 11) is -2.22. The van der Waals surface area contributed by atoms with Crippen molar-refractivity contribution < 1.29 is 39.3 Å². The van der Waals surface area contributed by atoms with Gasteiger partial charge < -0.3 is 14.0 Å². The summed E-state index contributed by atoms with van der Waals surface area (Å²) in [6, 6.07) is 140. The van der Waals surface area contributed by atoms with Crippen LogP contribution in [0.15, 0.2) is 442 Å². The molecule has 21 heteroatoms. The fraction of sp³-hybridized carbons (Fsp3) is 0.104. The molecular formula is C106H98BBrCl2N8O4P4Pd. The minimum absolute atomic E-state index is 0. The standard InChI is InChI=1S/4C18H15P.C11H15BClNO2.C11H12BrN3O2.C11H7ClN4.CH4.Pd/c4*1-4-10-16(11-5-1)19(17-12-6-2-7-13-17)18-14-8-3-9-15-18;1-10(2)11(3,4)16-12(15-10)8-6-5-7-14-9(8)13;1-11(2,3)17-10(16)15-9-4-7(12)5-13-8(9)6-14-15;12-11-8(2-1-3-13-11)7-4-9-10(14-5-7)6-15-16-9;;/h4*1-15H;5-7H,1-4H3;4-6H,1-3H3;1-6H,(H,15,16);1H4;. The van der Waals surface area contributed by atoms with E-state index in [0.717, 1.165) is 32.1 Å². The van der Waals surface area contributed by atoms with Crippen LogP contribution in [0.1, 0.15) is 55.9 Å². The van der Waals surface area contributed by atoms with Crippen molar-refractivity contribution in [2.75, 3.05) is 0 Å². The number of carbonyl (C=O) groups is 1. The Hall–Kier alpha value is -10.9. The first-order chi connectivity index (χ1) is 60.8. The molecular weight excluding hydrogens is 1840 g/mol. The molecule has 7 heterocycles. The number of pyridine rings is 4. The molecule has 12 nitrogen and oxygen atoms in total. The summed E-state index contributed by atoms with van der Waals surface area (Å²) >= 11 is 15.3. The zero-order valence-corrected chi connectivity index (χ0v) is 78.9. The molecule has 1 aliphatic heterocycles. The third-order valence-electron chi connectivity index (χ3n) is 19.8. The SMILES string of the molecule is C.CC(C)(C)OC(=O)n1ncc2ncc(Br)cc21.CC1(C)OB(c2cccnc2Cl)OC1(C)C.Clc1ncccc1-c1cnc2cn[nH]c2c1.[Pd].c1ccc(P(c2ccccc2)c2ccccc2)cc1.c1ccc(P(c2ccccc2)c2ccccc2)cc1.c1ccc(P(c2ccccc2)c2ccccc2)cc1.c1ccc(P(c2ccccc2)c2ccccc2)cc1. The van der Waals surface area contributed by atoms with E-state index in [4.69, 9.17) is 37.2 Å². The molecule has 0 aliphatic carbocycles. The van der Waals surface area contributed by atoms with Crippen LogP contribution in [0.2, 0.25) is 10.3 Å². The van der Waals surface area contributed by atoms with Gasteiger partial charge in [0, 0.05) is 66.3 Å². The number of aromatic nitrogens is 8. The maximum Gasteiger partial charge on any atom is 0.498 e. The molecule has 0 amide bonds. The second kappa shape index (κ2) is 48.3. The number of H-pyrrole nitrogens is 1. The molecule has 12 aromatic carbocycles. The Morgan fingerprint density at radius 1 is 0.386 bits per heavy atom. The molecule has 1 N–H and O–H groups in total. The molecule has 0 atom stereocenters. The van der Waals surface area contributed by atoms with E-state index in [1.165, 1.54) is 74.5 Å². The van der Waals surface area contributed by atoms with Crippen LogP contribution in [0.5, 0.6) is 0 Å². The predicted octanol–water partition coefficient (Wildman–Crippen LogP) is 22.1. The maximum absolute atomic E-state index is 11.9. The minimum Gasteiger partial charge on any atom is -0.442 e.